The van der Waals surface area contributed by atoms with Gasteiger partial charge in [-0.2, -0.15) is 0 Å². The van der Waals surface area contributed by atoms with E-state index in [0.29, 0.717) is 24.7 Å². The van der Waals surface area contributed by atoms with Crippen molar-refractivity contribution in [2.45, 2.75) is 19.1 Å². The highest BCUT2D eigenvalue weighted by Crippen LogP contribution is 2.23. The van der Waals surface area contributed by atoms with Gasteiger partial charge in [0.15, 0.2) is 0 Å². The van der Waals surface area contributed by atoms with Crippen molar-refractivity contribution in [1.82, 2.24) is 4.90 Å². The van der Waals surface area contributed by atoms with Crippen molar-refractivity contribution in [2.75, 3.05) is 19.7 Å². The van der Waals surface area contributed by atoms with Gasteiger partial charge in [0.05, 0.1) is 19.2 Å². The van der Waals surface area contributed by atoms with Crippen molar-refractivity contribution in [3.63, 3.8) is 0 Å². The van der Waals surface area contributed by atoms with Crippen LogP contribution in [0, 0.1) is 0 Å². The largest absolute Gasteiger partial charge is 0.370 e. The van der Waals surface area contributed by atoms with Gasteiger partial charge in [-0.25, -0.2) is 0 Å². The number of halogens is 2. The molecule has 4 nitrogen and oxygen atoms in total. The predicted molar refractivity (Wildman–Crippen MR) is 77.6 cm³/mol. The number of amides is 1. The molecule has 1 unspecified atom stereocenters. The Morgan fingerprint density at radius 2 is 2.11 bits per heavy atom. The highest BCUT2D eigenvalue weighted by molar-refractivity contribution is 6.30. The molecule has 0 spiro atoms. The number of ether oxygens (including phenoxy) is 1. The SMILES string of the molecule is C[C@H](N)C(=O)N1CCOC(c2ccc(Cl)cc2)C1.Cl. The zero-order valence-corrected chi connectivity index (χ0v) is 12.3. The number of rotatable bonds is 2. The van der Waals surface area contributed by atoms with Crippen LogP contribution in [-0.4, -0.2) is 36.5 Å². The van der Waals surface area contributed by atoms with Gasteiger partial charge in [-0.15, -0.1) is 12.4 Å². The minimum Gasteiger partial charge on any atom is -0.370 e. The Hall–Kier alpha value is -0.810. The van der Waals surface area contributed by atoms with Crippen molar-refractivity contribution in [3.05, 3.63) is 34.9 Å². The fourth-order valence-corrected chi connectivity index (χ4v) is 2.14. The second-order valence-corrected chi connectivity index (χ2v) is 4.92. The van der Waals surface area contributed by atoms with Crippen LogP contribution in [0.15, 0.2) is 24.3 Å². The third kappa shape index (κ3) is 4.08. The van der Waals surface area contributed by atoms with Crippen molar-refractivity contribution >= 4 is 29.9 Å². The van der Waals surface area contributed by atoms with Crippen LogP contribution in [0.4, 0.5) is 0 Å². The van der Waals surface area contributed by atoms with E-state index < -0.39 is 6.04 Å². The molecule has 0 aromatic heterocycles. The number of morpholine rings is 1. The van der Waals surface area contributed by atoms with Crippen LogP contribution in [0.2, 0.25) is 5.02 Å². The zero-order valence-electron chi connectivity index (χ0n) is 10.7. The lowest BCUT2D eigenvalue weighted by Crippen LogP contribution is -2.48. The van der Waals surface area contributed by atoms with Gasteiger partial charge in [-0.1, -0.05) is 23.7 Å². The first-order valence-corrected chi connectivity index (χ1v) is 6.37. The molecule has 1 aromatic carbocycles. The molecule has 19 heavy (non-hydrogen) atoms. The second-order valence-electron chi connectivity index (χ2n) is 4.48. The van der Waals surface area contributed by atoms with Crippen LogP contribution in [0.25, 0.3) is 0 Å². The highest BCUT2D eigenvalue weighted by atomic mass is 35.5. The van der Waals surface area contributed by atoms with E-state index in [-0.39, 0.29) is 24.4 Å². The van der Waals surface area contributed by atoms with Crippen LogP contribution < -0.4 is 5.73 Å². The van der Waals surface area contributed by atoms with Gasteiger partial charge < -0.3 is 15.4 Å². The Kier molecular flexibility index (Phi) is 6.07. The molecule has 106 valence electrons. The summed E-state index contributed by atoms with van der Waals surface area (Å²) >= 11 is 5.85. The molecule has 1 aliphatic heterocycles. The molecule has 1 aromatic rings. The number of hydrogen-bond donors (Lipinski definition) is 1. The van der Waals surface area contributed by atoms with E-state index in [1.807, 2.05) is 24.3 Å². The van der Waals surface area contributed by atoms with E-state index in [9.17, 15) is 4.79 Å². The third-order valence-electron chi connectivity index (χ3n) is 3.01. The van der Waals surface area contributed by atoms with Gasteiger partial charge in [-0.3, -0.25) is 4.79 Å². The number of nitrogens with zero attached hydrogens (tertiary/aromatic N) is 1. The number of hydrogen-bond acceptors (Lipinski definition) is 3. The Morgan fingerprint density at radius 3 is 2.68 bits per heavy atom. The lowest BCUT2D eigenvalue weighted by atomic mass is 10.1. The molecule has 2 atom stereocenters. The molecule has 1 fully saturated rings. The highest BCUT2D eigenvalue weighted by Gasteiger charge is 2.26. The van der Waals surface area contributed by atoms with Crippen molar-refractivity contribution < 1.29 is 9.53 Å². The van der Waals surface area contributed by atoms with Crippen LogP contribution in [-0.2, 0) is 9.53 Å². The molecule has 0 aliphatic carbocycles. The maximum absolute atomic E-state index is 11.9. The first-order valence-electron chi connectivity index (χ1n) is 5.99. The van der Waals surface area contributed by atoms with Crippen molar-refractivity contribution in [3.8, 4) is 0 Å². The molecule has 2 rings (SSSR count). The summed E-state index contributed by atoms with van der Waals surface area (Å²) in [5.41, 5.74) is 6.65. The Bertz CT molecular complexity index is 423. The Labute approximate surface area is 124 Å². The molecular formula is C13H18Cl2N2O2. The summed E-state index contributed by atoms with van der Waals surface area (Å²) in [7, 11) is 0. The van der Waals surface area contributed by atoms with Crippen LogP contribution >= 0.6 is 24.0 Å². The molecule has 6 heteroatoms. The van der Waals surface area contributed by atoms with E-state index in [2.05, 4.69) is 0 Å². The number of carbonyl (C=O) groups excluding carboxylic acids is 1. The molecule has 0 radical (unpaired) electrons. The first-order chi connectivity index (χ1) is 8.58. The Balaban J connectivity index is 0.00000180. The van der Waals surface area contributed by atoms with Gasteiger partial charge >= 0.3 is 0 Å². The summed E-state index contributed by atoms with van der Waals surface area (Å²) in [6.45, 7) is 3.38. The van der Waals surface area contributed by atoms with Crippen molar-refractivity contribution in [2.24, 2.45) is 5.73 Å². The van der Waals surface area contributed by atoms with E-state index in [4.69, 9.17) is 22.1 Å². The molecule has 1 heterocycles. The summed E-state index contributed by atoms with van der Waals surface area (Å²) in [5, 5.41) is 0.693. The predicted octanol–water partition coefficient (Wildman–Crippen LogP) is 2.01. The van der Waals surface area contributed by atoms with Gasteiger partial charge in [0, 0.05) is 11.6 Å². The van der Waals surface area contributed by atoms with Gasteiger partial charge in [0.1, 0.15) is 6.10 Å². The minimum absolute atomic E-state index is 0. The molecular weight excluding hydrogens is 287 g/mol. The normalized spacial score (nSPS) is 20.6. The fourth-order valence-electron chi connectivity index (χ4n) is 2.02. The fraction of sp³-hybridized carbons (Fsp3) is 0.462. The van der Waals surface area contributed by atoms with Crippen LogP contribution in [0.5, 0.6) is 0 Å². The molecule has 0 saturated carbocycles. The minimum atomic E-state index is -0.464. The van der Waals surface area contributed by atoms with Crippen LogP contribution in [0.1, 0.15) is 18.6 Å². The lowest BCUT2D eigenvalue weighted by molar-refractivity contribution is -0.140. The molecule has 0 bridgehead atoms. The third-order valence-corrected chi connectivity index (χ3v) is 3.26. The van der Waals surface area contributed by atoms with Crippen LogP contribution in [0.3, 0.4) is 0 Å². The molecule has 1 amide bonds. The average Bonchev–Trinajstić information content (AvgIpc) is 2.38. The van der Waals surface area contributed by atoms with E-state index in [1.165, 1.54) is 0 Å². The maximum atomic E-state index is 11.9. The summed E-state index contributed by atoms with van der Waals surface area (Å²) in [5.74, 6) is -0.0303. The first kappa shape index (κ1) is 16.2. The molecule has 1 saturated heterocycles. The lowest BCUT2D eigenvalue weighted by Gasteiger charge is -2.34. The van der Waals surface area contributed by atoms with E-state index in [1.54, 1.807) is 11.8 Å². The summed E-state index contributed by atoms with van der Waals surface area (Å²) in [6.07, 6.45) is -0.0984. The van der Waals surface area contributed by atoms with Gasteiger partial charge in [0.25, 0.3) is 0 Å². The average molecular weight is 305 g/mol. The number of nitrogens with two attached hydrogens (primary N) is 1. The second kappa shape index (κ2) is 7.10. The van der Waals surface area contributed by atoms with Gasteiger partial charge in [-0.05, 0) is 24.6 Å². The quantitative estimate of drug-likeness (QED) is 0.909. The van der Waals surface area contributed by atoms with E-state index in [0.717, 1.165) is 5.56 Å². The summed E-state index contributed by atoms with van der Waals surface area (Å²) in [6, 6.07) is 7.03. The summed E-state index contributed by atoms with van der Waals surface area (Å²) in [4.78, 5) is 13.6. The molecule has 2 N–H and O–H groups in total. The topological polar surface area (TPSA) is 55.6 Å². The standard InChI is InChI=1S/C13H17ClN2O2.ClH/c1-9(15)13(17)16-6-7-18-12(8-16)10-2-4-11(14)5-3-10;/h2-5,9,12H,6-8,15H2,1H3;1H/t9-,12?;/m0./s1. The molecule has 1 aliphatic rings. The smallest absolute Gasteiger partial charge is 0.239 e. The van der Waals surface area contributed by atoms with E-state index >= 15 is 0 Å². The number of benzene rings is 1. The Morgan fingerprint density at radius 1 is 1.47 bits per heavy atom. The maximum Gasteiger partial charge on any atom is 0.239 e. The van der Waals surface area contributed by atoms with Crippen molar-refractivity contribution in [1.29, 1.82) is 0 Å². The van der Waals surface area contributed by atoms with Gasteiger partial charge in [0.2, 0.25) is 5.91 Å². The summed E-state index contributed by atoms with van der Waals surface area (Å²) < 4.78 is 5.69. The zero-order chi connectivity index (χ0) is 13.1. The monoisotopic (exact) mass is 304 g/mol. The number of carbonyl (C=O) groups is 1.